The number of hydrogen-bond donors (Lipinski definition) is 1. The quantitative estimate of drug-likeness (QED) is 0.899. The zero-order chi connectivity index (χ0) is 13.9. The van der Waals surface area contributed by atoms with Crippen LogP contribution in [-0.4, -0.2) is 19.2 Å². The van der Waals surface area contributed by atoms with Crippen LogP contribution in [0, 0.1) is 5.92 Å². The van der Waals surface area contributed by atoms with Gasteiger partial charge in [-0.15, -0.1) is 0 Å². The second-order valence-electron chi connectivity index (χ2n) is 6.77. The number of ether oxygens (including phenoxy) is 1. The Hall–Kier alpha value is -0.860. The van der Waals surface area contributed by atoms with Crippen LogP contribution in [0.15, 0.2) is 24.3 Å². The van der Waals surface area contributed by atoms with Crippen LogP contribution in [0.3, 0.4) is 0 Å². The van der Waals surface area contributed by atoms with Gasteiger partial charge in [-0.3, -0.25) is 0 Å². The van der Waals surface area contributed by atoms with E-state index >= 15 is 0 Å². The standard InChI is InChI=1S/C17H27NO/c1-13-9-10-18-11-16(13)19-12-14-5-7-15(8-6-14)17(2,3)4/h5-8,13,16,18H,9-12H2,1-4H3. The third kappa shape index (κ3) is 4.05. The van der Waals surface area contributed by atoms with Crippen LogP contribution in [0.1, 0.15) is 45.2 Å². The average molecular weight is 261 g/mol. The molecule has 106 valence electrons. The van der Waals surface area contributed by atoms with Gasteiger partial charge >= 0.3 is 0 Å². The highest BCUT2D eigenvalue weighted by molar-refractivity contribution is 5.27. The van der Waals surface area contributed by atoms with Crippen LogP contribution in [0.4, 0.5) is 0 Å². The highest BCUT2D eigenvalue weighted by Crippen LogP contribution is 2.23. The number of benzene rings is 1. The van der Waals surface area contributed by atoms with Crippen molar-refractivity contribution >= 4 is 0 Å². The fourth-order valence-electron chi connectivity index (χ4n) is 2.49. The van der Waals surface area contributed by atoms with Crippen molar-refractivity contribution in [3.63, 3.8) is 0 Å². The Kier molecular flexibility index (Phi) is 4.64. The summed E-state index contributed by atoms with van der Waals surface area (Å²) in [5.41, 5.74) is 2.87. The smallest absolute Gasteiger partial charge is 0.0729 e. The van der Waals surface area contributed by atoms with Crippen LogP contribution in [0.25, 0.3) is 0 Å². The van der Waals surface area contributed by atoms with E-state index in [-0.39, 0.29) is 5.41 Å². The summed E-state index contributed by atoms with van der Waals surface area (Å²) in [5.74, 6) is 0.662. The summed E-state index contributed by atoms with van der Waals surface area (Å²) in [6, 6.07) is 8.84. The summed E-state index contributed by atoms with van der Waals surface area (Å²) >= 11 is 0. The van der Waals surface area contributed by atoms with Gasteiger partial charge in [-0.2, -0.15) is 0 Å². The molecule has 0 amide bonds. The summed E-state index contributed by atoms with van der Waals surface area (Å²) in [4.78, 5) is 0. The average Bonchev–Trinajstić information content (AvgIpc) is 2.37. The Bertz CT molecular complexity index is 391. The lowest BCUT2D eigenvalue weighted by atomic mass is 9.87. The van der Waals surface area contributed by atoms with Crippen molar-refractivity contribution < 1.29 is 4.74 Å². The summed E-state index contributed by atoms with van der Waals surface area (Å²) < 4.78 is 6.04. The molecule has 1 N–H and O–H groups in total. The van der Waals surface area contributed by atoms with Crippen LogP contribution in [0.5, 0.6) is 0 Å². The Morgan fingerprint density at radius 2 is 1.89 bits per heavy atom. The van der Waals surface area contributed by atoms with Gasteiger partial charge in [-0.05, 0) is 35.4 Å². The molecule has 1 saturated heterocycles. The number of nitrogens with one attached hydrogen (secondary N) is 1. The normalized spacial score (nSPS) is 24.4. The number of hydrogen-bond acceptors (Lipinski definition) is 2. The molecule has 1 aliphatic heterocycles. The molecule has 1 aliphatic rings. The molecule has 0 radical (unpaired) electrons. The molecule has 1 aromatic carbocycles. The van der Waals surface area contributed by atoms with E-state index in [0.29, 0.717) is 12.0 Å². The van der Waals surface area contributed by atoms with Crippen molar-refractivity contribution in [2.75, 3.05) is 13.1 Å². The Morgan fingerprint density at radius 3 is 2.47 bits per heavy atom. The molecule has 2 atom stereocenters. The monoisotopic (exact) mass is 261 g/mol. The second kappa shape index (κ2) is 6.06. The Labute approximate surface area is 117 Å². The molecule has 1 fully saturated rings. The van der Waals surface area contributed by atoms with E-state index in [2.05, 4.69) is 57.3 Å². The molecule has 0 aromatic heterocycles. The minimum atomic E-state index is 0.223. The first kappa shape index (κ1) is 14.5. The second-order valence-corrected chi connectivity index (χ2v) is 6.77. The van der Waals surface area contributed by atoms with Crippen molar-refractivity contribution in [3.8, 4) is 0 Å². The summed E-state index contributed by atoms with van der Waals surface area (Å²) in [6.45, 7) is 11.9. The van der Waals surface area contributed by atoms with Crippen molar-refractivity contribution in [2.45, 2.75) is 52.2 Å². The van der Waals surface area contributed by atoms with Gasteiger partial charge in [-0.25, -0.2) is 0 Å². The van der Waals surface area contributed by atoms with Gasteiger partial charge in [0.15, 0.2) is 0 Å². The lowest BCUT2D eigenvalue weighted by Gasteiger charge is -2.29. The zero-order valence-electron chi connectivity index (χ0n) is 12.7. The van der Waals surface area contributed by atoms with Gasteiger partial charge in [0, 0.05) is 6.54 Å². The SMILES string of the molecule is CC1CCNCC1OCc1ccc(C(C)(C)C)cc1. The van der Waals surface area contributed by atoms with Crippen molar-refractivity contribution in [3.05, 3.63) is 35.4 Å². The molecule has 2 heteroatoms. The maximum atomic E-state index is 6.04. The van der Waals surface area contributed by atoms with Crippen LogP contribution < -0.4 is 5.32 Å². The lowest BCUT2D eigenvalue weighted by molar-refractivity contribution is -0.00658. The Morgan fingerprint density at radius 1 is 1.21 bits per heavy atom. The number of piperidine rings is 1. The minimum Gasteiger partial charge on any atom is -0.372 e. The van der Waals surface area contributed by atoms with E-state index in [1.807, 2.05) is 0 Å². The summed E-state index contributed by atoms with van der Waals surface area (Å²) in [6.07, 6.45) is 1.57. The highest BCUT2D eigenvalue weighted by atomic mass is 16.5. The van der Waals surface area contributed by atoms with Gasteiger partial charge in [0.25, 0.3) is 0 Å². The van der Waals surface area contributed by atoms with Gasteiger partial charge in [0.05, 0.1) is 12.7 Å². The van der Waals surface area contributed by atoms with Crippen LogP contribution in [0.2, 0.25) is 0 Å². The van der Waals surface area contributed by atoms with E-state index in [1.54, 1.807) is 0 Å². The number of rotatable bonds is 3. The molecule has 1 heterocycles. The summed E-state index contributed by atoms with van der Waals surface area (Å²) in [7, 11) is 0. The van der Waals surface area contributed by atoms with Crippen molar-refractivity contribution in [2.24, 2.45) is 5.92 Å². The van der Waals surface area contributed by atoms with E-state index in [1.165, 1.54) is 17.5 Å². The van der Waals surface area contributed by atoms with Crippen LogP contribution in [-0.2, 0) is 16.8 Å². The molecule has 0 saturated carbocycles. The highest BCUT2D eigenvalue weighted by Gasteiger charge is 2.21. The van der Waals surface area contributed by atoms with Gasteiger partial charge in [-0.1, -0.05) is 52.0 Å². The largest absolute Gasteiger partial charge is 0.372 e. The van der Waals surface area contributed by atoms with Crippen molar-refractivity contribution in [1.82, 2.24) is 5.32 Å². The van der Waals surface area contributed by atoms with E-state index in [4.69, 9.17) is 4.74 Å². The fourth-order valence-corrected chi connectivity index (χ4v) is 2.49. The van der Waals surface area contributed by atoms with Gasteiger partial charge in [0.2, 0.25) is 0 Å². The Balaban J connectivity index is 1.89. The zero-order valence-corrected chi connectivity index (χ0v) is 12.7. The molecule has 0 aliphatic carbocycles. The van der Waals surface area contributed by atoms with Crippen LogP contribution >= 0.6 is 0 Å². The maximum absolute atomic E-state index is 6.04. The molecular weight excluding hydrogens is 234 g/mol. The van der Waals surface area contributed by atoms with Crippen molar-refractivity contribution in [1.29, 1.82) is 0 Å². The van der Waals surface area contributed by atoms with Gasteiger partial charge < -0.3 is 10.1 Å². The van der Waals surface area contributed by atoms with Gasteiger partial charge in [0.1, 0.15) is 0 Å². The molecule has 2 rings (SSSR count). The van der Waals surface area contributed by atoms with E-state index in [0.717, 1.165) is 19.7 Å². The topological polar surface area (TPSA) is 21.3 Å². The molecule has 19 heavy (non-hydrogen) atoms. The third-order valence-corrected chi connectivity index (χ3v) is 4.04. The van der Waals surface area contributed by atoms with E-state index in [9.17, 15) is 0 Å². The molecule has 0 bridgehead atoms. The molecular formula is C17H27NO. The first-order chi connectivity index (χ1) is 8.97. The predicted molar refractivity (Wildman–Crippen MR) is 80.4 cm³/mol. The molecule has 2 unspecified atom stereocenters. The fraction of sp³-hybridized carbons (Fsp3) is 0.647. The van der Waals surface area contributed by atoms with E-state index < -0.39 is 0 Å². The summed E-state index contributed by atoms with van der Waals surface area (Å²) in [5, 5.41) is 3.41. The predicted octanol–water partition coefficient (Wildman–Crippen LogP) is 3.50. The lowest BCUT2D eigenvalue weighted by Crippen LogP contribution is -2.40. The maximum Gasteiger partial charge on any atom is 0.0729 e. The molecule has 2 nitrogen and oxygen atoms in total. The third-order valence-electron chi connectivity index (χ3n) is 4.04. The first-order valence-electron chi connectivity index (χ1n) is 7.38. The molecule has 0 spiro atoms. The first-order valence-corrected chi connectivity index (χ1v) is 7.38. The molecule has 1 aromatic rings. The minimum absolute atomic E-state index is 0.223.